The number of aryl methyl sites for hydroxylation is 1. The highest BCUT2D eigenvalue weighted by Crippen LogP contribution is 2.27. The van der Waals surface area contributed by atoms with Crippen molar-refractivity contribution in [2.75, 3.05) is 11.4 Å². The van der Waals surface area contributed by atoms with E-state index in [1.54, 1.807) is 30.0 Å². The van der Waals surface area contributed by atoms with E-state index in [2.05, 4.69) is 29.8 Å². The Morgan fingerprint density at radius 2 is 2.15 bits per heavy atom. The van der Waals surface area contributed by atoms with Gasteiger partial charge < -0.3 is 10.0 Å². The molecule has 1 N–H and O–H groups in total. The molecule has 1 aromatic carbocycles. The SMILES string of the molecule is CCc1cc(N2CCCC[C@H]2C)nc(SCc2cccc(C(=O)O)c2)n1. The highest BCUT2D eigenvalue weighted by Gasteiger charge is 2.21. The summed E-state index contributed by atoms with van der Waals surface area (Å²) in [6.45, 7) is 5.42. The number of anilines is 1. The summed E-state index contributed by atoms with van der Waals surface area (Å²) in [5.74, 6) is 0.775. The lowest BCUT2D eigenvalue weighted by atomic mass is 10.0. The Labute approximate surface area is 158 Å². The number of carboxylic acid groups (broad SMARTS) is 1. The lowest BCUT2D eigenvalue weighted by Gasteiger charge is -2.34. The third-order valence-electron chi connectivity index (χ3n) is 4.75. The van der Waals surface area contributed by atoms with Crippen LogP contribution in [0.4, 0.5) is 5.82 Å². The summed E-state index contributed by atoms with van der Waals surface area (Å²) in [6, 6.07) is 9.66. The Morgan fingerprint density at radius 1 is 1.31 bits per heavy atom. The number of aromatic carboxylic acids is 1. The van der Waals surface area contributed by atoms with Crippen molar-refractivity contribution in [2.24, 2.45) is 0 Å². The van der Waals surface area contributed by atoms with Gasteiger partial charge in [-0.3, -0.25) is 0 Å². The minimum Gasteiger partial charge on any atom is -0.478 e. The van der Waals surface area contributed by atoms with Gasteiger partial charge in [0.05, 0.1) is 5.56 Å². The molecule has 0 spiro atoms. The number of nitrogens with zero attached hydrogens (tertiary/aromatic N) is 3. The maximum absolute atomic E-state index is 11.1. The molecular weight excluding hydrogens is 346 g/mol. The molecule has 0 aliphatic carbocycles. The predicted molar refractivity (Wildman–Crippen MR) is 105 cm³/mol. The second kappa shape index (κ2) is 8.54. The normalized spacial score (nSPS) is 17.3. The van der Waals surface area contributed by atoms with E-state index < -0.39 is 5.97 Å². The largest absolute Gasteiger partial charge is 0.478 e. The maximum Gasteiger partial charge on any atom is 0.335 e. The van der Waals surface area contributed by atoms with Crippen molar-refractivity contribution in [1.29, 1.82) is 0 Å². The van der Waals surface area contributed by atoms with Crippen LogP contribution in [0.25, 0.3) is 0 Å². The fourth-order valence-electron chi connectivity index (χ4n) is 3.23. The highest BCUT2D eigenvalue weighted by atomic mass is 32.2. The van der Waals surface area contributed by atoms with Crippen molar-refractivity contribution in [3.63, 3.8) is 0 Å². The first kappa shape index (κ1) is 18.7. The van der Waals surface area contributed by atoms with E-state index >= 15 is 0 Å². The van der Waals surface area contributed by atoms with Crippen LogP contribution in [0, 0.1) is 0 Å². The summed E-state index contributed by atoms with van der Waals surface area (Å²) in [4.78, 5) is 23.0. The Kier molecular flexibility index (Phi) is 6.14. The molecule has 138 valence electrons. The zero-order valence-corrected chi connectivity index (χ0v) is 16.1. The number of benzene rings is 1. The third-order valence-corrected chi connectivity index (χ3v) is 5.66. The quantitative estimate of drug-likeness (QED) is 0.599. The molecule has 1 aliphatic rings. The summed E-state index contributed by atoms with van der Waals surface area (Å²) in [7, 11) is 0. The summed E-state index contributed by atoms with van der Waals surface area (Å²) >= 11 is 1.56. The number of rotatable bonds is 6. The first-order chi connectivity index (χ1) is 12.6. The van der Waals surface area contributed by atoms with E-state index in [-0.39, 0.29) is 0 Å². The first-order valence-corrected chi connectivity index (χ1v) is 10.1. The Bertz CT molecular complexity index is 781. The minimum atomic E-state index is -0.901. The van der Waals surface area contributed by atoms with Crippen molar-refractivity contribution in [3.05, 3.63) is 47.2 Å². The van der Waals surface area contributed by atoms with Crippen LogP contribution in [-0.2, 0) is 12.2 Å². The molecule has 2 aromatic rings. The van der Waals surface area contributed by atoms with Crippen LogP contribution in [0.2, 0.25) is 0 Å². The molecule has 1 fully saturated rings. The third kappa shape index (κ3) is 4.55. The summed E-state index contributed by atoms with van der Waals surface area (Å²) in [5.41, 5.74) is 2.33. The lowest BCUT2D eigenvalue weighted by molar-refractivity contribution is 0.0697. The molecule has 2 heterocycles. The van der Waals surface area contributed by atoms with Gasteiger partial charge in [0.2, 0.25) is 0 Å². The van der Waals surface area contributed by atoms with E-state index in [0.717, 1.165) is 35.2 Å². The molecule has 3 rings (SSSR count). The van der Waals surface area contributed by atoms with Gasteiger partial charge in [0.15, 0.2) is 5.16 Å². The fourth-order valence-corrected chi connectivity index (χ4v) is 4.05. The van der Waals surface area contributed by atoms with Crippen molar-refractivity contribution >= 4 is 23.5 Å². The average molecular weight is 372 g/mol. The predicted octanol–water partition coefficient (Wildman–Crippen LogP) is 4.41. The van der Waals surface area contributed by atoms with E-state index in [4.69, 9.17) is 10.1 Å². The standard InChI is InChI=1S/C20H25N3O2S/c1-3-17-12-18(23-10-5-4-7-14(23)2)22-20(21-17)26-13-15-8-6-9-16(11-15)19(24)25/h6,8-9,11-12,14H,3-5,7,10,13H2,1-2H3,(H,24,25)/t14-/m1/s1. The highest BCUT2D eigenvalue weighted by molar-refractivity contribution is 7.98. The Morgan fingerprint density at radius 3 is 2.88 bits per heavy atom. The molecule has 1 saturated heterocycles. The van der Waals surface area contributed by atoms with E-state index in [1.807, 2.05) is 6.07 Å². The zero-order valence-electron chi connectivity index (χ0n) is 15.3. The van der Waals surface area contributed by atoms with Crippen LogP contribution < -0.4 is 4.90 Å². The van der Waals surface area contributed by atoms with E-state index in [1.165, 1.54) is 19.3 Å². The Hall–Kier alpha value is -2.08. The van der Waals surface area contributed by atoms with Gasteiger partial charge in [-0.25, -0.2) is 14.8 Å². The van der Waals surface area contributed by atoms with Crippen LogP contribution in [0.15, 0.2) is 35.5 Å². The smallest absolute Gasteiger partial charge is 0.335 e. The molecule has 5 nitrogen and oxygen atoms in total. The summed E-state index contributed by atoms with van der Waals surface area (Å²) in [5, 5.41) is 9.89. The molecule has 1 aromatic heterocycles. The average Bonchev–Trinajstić information content (AvgIpc) is 2.66. The molecular formula is C20H25N3O2S. The van der Waals surface area contributed by atoms with Gasteiger partial charge in [0.1, 0.15) is 5.82 Å². The fraction of sp³-hybridized carbons (Fsp3) is 0.450. The zero-order chi connectivity index (χ0) is 18.5. The minimum absolute atomic E-state index is 0.314. The van der Waals surface area contributed by atoms with Crippen molar-refractivity contribution in [2.45, 2.75) is 56.5 Å². The van der Waals surface area contributed by atoms with Gasteiger partial charge in [0, 0.05) is 30.1 Å². The van der Waals surface area contributed by atoms with Gasteiger partial charge in [-0.15, -0.1) is 0 Å². The number of hydrogen-bond donors (Lipinski definition) is 1. The van der Waals surface area contributed by atoms with Gasteiger partial charge in [0.25, 0.3) is 0 Å². The molecule has 0 bridgehead atoms. The number of thioether (sulfide) groups is 1. The second-order valence-electron chi connectivity index (χ2n) is 6.69. The van der Waals surface area contributed by atoms with Crippen LogP contribution in [0.5, 0.6) is 0 Å². The van der Waals surface area contributed by atoms with Gasteiger partial charge in [-0.2, -0.15) is 0 Å². The molecule has 6 heteroatoms. The number of hydrogen-bond acceptors (Lipinski definition) is 5. The number of aromatic nitrogens is 2. The van der Waals surface area contributed by atoms with Crippen LogP contribution in [0.3, 0.4) is 0 Å². The van der Waals surface area contributed by atoms with Crippen molar-refractivity contribution in [1.82, 2.24) is 9.97 Å². The van der Waals surface area contributed by atoms with Crippen molar-refractivity contribution in [3.8, 4) is 0 Å². The van der Waals surface area contributed by atoms with E-state index in [9.17, 15) is 4.79 Å². The van der Waals surface area contributed by atoms with Gasteiger partial charge in [-0.05, 0) is 50.3 Å². The lowest BCUT2D eigenvalue weighted by Crippen LogP contribution is -2.38. The second-order valence-corrected chi connectivity index (χ2v) is 7.63. The molecule has 0 unspecified atom stereocenters. The molecule has 1 atom stereocenters. The van der Waals surface area contributed by atoms with Crippen LogP contribution in [-0.4, -0.2) is 33.6 Å². The van der Waals surface area contributed by atoms with E-state index in [0.29, 0.717) is 17.4 Å². The number of piperidine rings is 1. The van der Waals surface area contributed by atoms with Gasteiger partial charge in [-0.1, -0.05) is 30.8 Å². The van der Waals surface area contributed by atoms with Crippen LogP contribution in [0.1, 0.15) is 54.7 Å². The number of carboxylic acids is 1. The molecule has 0 radical (unpaired) electrons. The molecule has 0 saturated carbocycles. The molecule has 0 amide bonds. The Balaban J connectivity index is 1.78. The van der Waals surface area contributed by atoms with Crippen molar-refractivity contribution < 1.29 is 9.90 Å². The van der Waals surface area contributed by atoms with Crippen LogP contribution >= 0.6 is 11.8 Å². The summed E-state index contributed by atoms with van der Waals surface area (Å²) in [6.07, 6.45) is 4.57. The molecule has 1 aliphatic heterocycles. The molecule has 26 heavy (non-hydrogen) atoms. The van der Waals surface area contributed by atoms with Gasteiger partial charge >= 0.3 is 5.97 Å². The summed E-state index contributed by atoms with van der Waals surface area (Å²) < 4.78 is 0. The topological polar surface area (TPSA) is 66.3 Å². The number of carbonyl (C=O) groups is 1. The first-order valence-electron chi connectivity index (χ1n) is 9.16. The maximum atomic E-state index is 11.1. The monoisotopic (exact) mass is 371 g/mol.